The Balaban J connectivity index is 1.83. The molecule has 2 aromatic rings. The van der Waals surface area contributed by atoms with Crippen molar-refractivity contribution in [2.24, 2.45) is 5.41 Å². The van der Waals surface area contributed by atoms with Crippen molar-refractivity contribution in [3.05, 3.63) is 11.5 Å². The lowest BCUT2D eigenvalue weighted by molar-refractivity contribution is 0.362. The minimum absolute atomic E-state index is 0.242. The standard InChI is InChI=1S/C12H16ClN5/c1-12(4-2-3-5-12)7-14-9-8-6-15-18-10(8)17-11(13)16-9/h6H,2-5,7H2,1H3,(H2,14,15,16,17,18). The number of hydrogen-bond acceptors (Lipinski definition) is 4. The van der Waals surface area contributed by atoms with Crippen LogP contribution in [0.5, 0.6) is 0 Å². The van der Waals surface area contributed by atoms with Gasteiger partial charge in [0.2, 0.25) is 5.28 Å². The first kappa shape index (κ1) is 11.7. The molecule has 0 spiro atoms. The zero-order valence-electron chi connectivity index (χ0n) is 10.3. The van der Waals surface area contributed by atoms with Gasteiger partial charge in [-0.15, -0.1) is 0 Å². The lowest BCUT2D eigenvalue weighted by Gasteiger charge is -2.24. The average molecular weight is 266 g/mol. The quantitative estimate of drug-likeness (QED) is 0.838. The number of halogens is 1. The molecule has 2 heterocycles. The molecular weight excluding hydrogens is 250 g/mol. The lowest BCUT2D eigenvalue weighted by Crippen LogP contribution is -2.23. The first-order valence-electron chi connectivity index (χ1n) is 6.27. The monoisotopic (exact) mass is 265 g/mol. The maximum absolute atomic E-state index is 5.90. The maximum Gasteiger partial charge on any atom is 0.226 e. The lowest BCUT2D eigenvalue weighted by atomic mass is 9.89. The topological polar surface area (TPSA) is 66.5 Å². The molecule has 1 saturated carbocycles. The smallest absolute Gasteiger partial charge is 0.226 e. The van der Waals surface area contributed by atoms with Crippen LogP contribution in [0.4, 0.5) is 5.82 Å². The molecule has 1 aliphatic carbocycles. The molecular formula is C12H16ClN5. The van der Waals surface area contributed by atoms with Crippen LogP contribution >= 0.6 is 11.6 Å². The Morgan fingerprint density at radius 3 is 2.94 bits per heavy atom. The van der Waals surface area contributed by atoms with Gasteiger partial charge in [0.15, 0.2) is 5.65 Å². The second-order valence-corrected chi connectivity index (χ2v) is 5.68. The molecule has 6 heteroatoms. The third-order valence-electron chi connectivity index (χ3n) is 3.78. The van der Waals surface area contributed by atoms with Crippen molar-refractivity contribution < 1.29 is 0 Å². The van der Waals surface area contributed by atoms with Crippen LogP contribution in [-0.2, 0) is 0 Å². The van der Waals surface area contributed by atoms with Crippen LogP contribution < -0.4 is 5.32 Å². The highest BCUT2D eigenvalue weighted by Crippen LogP contribution is 2.37. The van der Waals surface area contributed by atoms with Gasteiger partial charge in [0, 0.05) is 6.54 Å². The summed E-state index contributed by atoms with van der Waals surface area (Å²) in [6.07, 6.45) is 6.92. The highest BCUT2D eigenvalue weighted by molar-refractivity contribution is 6.28. The normalized spacial score (nSPS) is 18.3. The van der Waals surface area contributed by atoms with Gasteiger partial charge in [-0.2, -0.15) is 15.1 Å². The van der Waals surface area contributed by atoms with Crippen molar-refractivity contribution in [3.63, 3.8) is 0 Å². The Bertz CT molecular complexity index is 559. The van der Waals surface area contributed by atoms with Crippen LogP contribution in [0.15, 0.2) is 6.20 Å². The van der Waals surface area contributed by atoms with Crippen LogP contribution in [0.2, 0.25) is 5.28 Å². The fourth-order valence-electron chi connectivity index (χ4n) is 2.64. The van der Waals surface area contributed by atoms with Gasteiger partial charge >= 0.3 is 0 Å². The number of hydrogen-bond donors (Lipinski definition) is 2. The van der Waals surface area contributed by atoms with Crippen molar-refractivity contribution in [2.75, 3.05) is 11.9 Å². The number of nitrogens with zero attached hydrogens (tertiary/aromatic N) is 3. The van der Waals surface area contributed by atoms with Crippen molar-refractivity contribution in [2.45, 2.75) is 32.6 Å². The Morgan fingerprint density at radius 2 is 2.17 bits per heavy atom. The molecule has 96 valence electrons. The van der Waals surface area contributed by atoms with Crippen molar-refractivity contribution in [1.29, 1.82) is 0 Å². The summed E-state index contributed by atoms with van der Waals surface area (Å²) in [5.74, 6) is 0.770. The maximum atomic E-state index is 5.90. The van der Waals surface area contributed by atoms with Crippen LogP contribution in [0.3, 0.4) is 0 Å². The van der Waals surface area contributed by atoms with Crippen LogP contribution in [-0.4, -0.2) is 26.7 Å². The van der Waals surface area contributed by atoms with Gasteiger partial charge in [0.1, 0.15) is 5.82 Å². The van der Waals surface area contributed by atoms with Gasteiger partial charge in [-0.1, -0.05) is 19.8 Å². The number of fused-ring (bicyclic) bond motifs is 1. The van der Waals surface area contributed by atoms with E-state index >= 15 is 0 Å². The van der Waals surface area contributed by atoms with Gasteiger partial charge < -0.3 is 5.32 Å². The summed E-state index contributed by atoms with van der Waals surface area (Å²) in [5.41, 5.74) is 1.04. The number of aromatic nitrogens is 4. The molecule has 0 unspecified atom stereocenters. The molecule has 0 atom stereocenters. The van der Waals surface area contributed by atoms with Crippen molar-refractivity contribution in [3.8, 4) is 0 Å². The number of anilines is 1. The van der Waals surface area contributed by atoms with E-state index in [-0.39, 0.29) is 5.28 Å². The van der Waals surface area contributed by atoms with E-state index in [1.807, 2.05) is 0 Å². The van der Waals surface area contributed by atoms with Gasteiger partial charge in [0.25, 0.3) is 0 Å². The van der Waals surface area contributed by atoms with Gasteiger partial charge in [-0.3, -0.25) is 5.10 Å². The highest BCUT2D eigenvalue weighted by Gasteiger charge is 2.28. The Hall–Kier alpha value is -1.36. The first-order valence-corrected chi connectivity index (χ1v) is 6.65. The van der Waals surface area contributed by atoms with Crippen molar-refractivity contribution >= 4 is 28.5 Å². The van der Waals surface area contributed by atoms with E-state index in [1.54, 1.807) is 6.20 Å². The van der Waals surface area contributed by atoms with Gasteiger partial charge in [-0.25, -0.2) is 0 Å². The van der Waals surface area contributed by atoms with E-state index in [4.69, 9.17) is 11.6 Å². The van der Waals surface area contributed by atoms with E-state index in [9.17, 15) is 0 Å². The van der Waals surface area contributed by atoms with Crippen molar-refractivity contribution in [1.82, 2.24) is 20.2 Å². The summed E-state index contributed by atoms with van der Waals surface area (Å²) >= 11 is 5.90. The Labute approximate surface area is 110 Å². The fraction of sp³-hybridized carbons (Fsp3) is 0.583. The third kappa shape index (κ3) is 2.14. The molecule has 5 nitrogen and oxygen atoms in total. The third-order valence-corrected chi connectivity index (χ3v) is 3.94. The predicted molar refractivity (Wildman–Crippen MR) is 71.8 cm³/mol. The minimum atomic E-state index is 0.242. The number of H-pyrrole nitrogens is 1. The van der Waals surface area contributed by atoms with Crippen LogP contribution in [0.25, 0.3) is 11.0 Å². The van der Waals surface area contributed by atoms with E-state index in [1.165, 1.54) is 25.7 Å². The molecule has 1 aliphatic rings. The summed E-state index contributed by atoms with van der Waals surface area (Å²) in [7, 11) is 0. The fourth-order valence-corrected chi connectivity index (χ4v) is 2.81. The second-order valence-electron chi connectivity index (χ2n) is 5.34. The molecule has 0 amide bonds. The number of nitrogens with one attached hydrogen (secondary N) is 2. The summed E-state index contributed by atoms with van der Waals surface area (Å²) in [5, 5.41) is 11.3. The zero-order valence-corrected chi connectivity index (χ0v) is 11.1. The van der Waals surface area contributed by atoms with Gasteiger partial charge in [-0.05, 0) is 29.9 Å². The first-order chi connectivity index (χ1) is 8.66. The second kappa shape index (κ2) is 4.39. The zero-order chi connectivity index (χ0) is 12.6. The van der Waals surface area contributed by atoms with E-state index in [0.29, 0.717) is 11.1 Å². The molecule has 0 aromatic carbocycles. The Kier molecular flexibility index (Phi) is 2.86. The predicted octanol–water partition coefficient (Wildman–Crippen LogP) is 3.00. The summed E-state index contributed by atoms with van der Waals surface area (Å²) < 4.78 is 0. The Morgan fingerprint density at radius 1 is 1.39 bits per heavy atom. The molecule has 0 radical (unpaired) electrons. The molecule has 2 N–H and O–H groups in total. The molecule has 3 rings (SSSR count). The highest BCUT2D eigenvalue weighted by atomic mass is 35.5. The molecule has 0 aliphatic heterocycles. The molecule has 0 saturated heterocycles. The average Bonchev–Trinajstić information content (AvgIpc) is 2.95. The van der Waals surface area contributed by atoms with Gasteiger partial charge in [0.05, 0.1) is 11.6 Å². The molecule has 2 aromatic heterocycles. The number of aromatic amines is 1. The largest absolute Gasteiger partial charge is 0.369 e. The minimum Gasteiger partial charge on any atom is -0.369 e. The van der Waals surface area contributed by atoms with E-state index in [0.717, 1.165) is 17.7 Å². The van der Waals surface area contributed by atoms with E-state index in [2.05, 4.69) is 32.4 Å². The van der Waals surface area contributed by atoms with E-state index < -0.39 is 0 Å². The van der Waals surface area contributed by atoms with Crippen LogP contribution in [0, 0.1) is 5.41 Å². The summed E-state index contributed by atoms with van der Waals surface area (Å²) in [6.45, 7) is 3.24. The summed E-state index contributed by atoms with van der Waals surface area (Å²) in [4.78, 5) is 8.34. The molecule has 1 fully saturated rings. The number of rotatable bonds is 3. The summed E-state index contributed by atoms with van der Waals surface area (Å²) in [6, 6.07) is 0. The van der Waals surface area contributed by atoms with Crippen LogP contribution in [0.1, 0.15) is 32.6 Å². The molecule has 18 heavy (non-hydrogen) atoms. The molecule has 0 bridgehead atoms. The SMILES string of the molecule is CC1(CNc2nc(Cl)nc3[nH]ncc23)CCCC1.